The van der Waals surface area contributed by atoms with E-state index in [-0.39, 0.29) is 11.6 Å². The third-order valence-corrected chi connectivity index (χ3v) is 2.91. The standard InChI is InChI=1S/C12H14Cl2FNO/c1-2-9(5-6-13)16-12(17)10-7-8(14)3-4-11(10)15/h3-4,7,9H,2,5-6H2,1H3,(H,16,17). The van der Waals surface area contributed by atoms with Crippen LogP contribution < -0.4 is 5.32 Å². The number of carbonyl (C=O) groups is 1. The van der Waals surface area contributed by atoms with Crippen LogP contribution in [0.15, 0.2) is 18.2 Å². The Labute approximate surface area is 110 Å². The third kappa shape index (κ3) is 4.17. The highest BCUT2D eigenvalue weighted by atomic mass is 35.5. The van der Waals surface area contributed by atoms with Crippen molar-refractivity contribution in [3.8, 4) is 0 Å². The van der Waals surface area contributed by atoms with Crippen LogP contribution in [-0.4, -0.2) is 17.8 Å². The summed E-state index contributed by atoms with van der Waals surface area (Å²) in [6, 6.07) is 3.86. The predicted molar refractivity (Wildman–Crippen MR) is 68.3 cm³/mol. The van der Waals surface area contributed by atoms with Gasteiger partial charge in [0.05, 0.1) is 5.56 Å². The van der Waals surface area contributed by atoms with Gasteiger partial charge in [-0.1, -0.05) is 18.5 Å². The summed E-state index contributed by atoms with van der Waals surface area (Å²) in [5.74, 6) is -0.578. The SMILES string of the molecule is CCC(CCCl)NC(=O)c1cc(Cl)ccc1F. The van der Waals surface area contributed by atoms with Crippen LogP contribution in [0.4, 0.5) is 4.39 Å². The Kier molecular flexibility index (Phi) is 5.72. The highest BCUT2D eigenvalue weighted by Crippen LogP contribution is 2.15. The molecule has 1 atom stereocenters. The molecule has 94 valence electrons. The number of rotatable bonds is 5. The summed E-state index contributed by atoms with van der Waals surface area (Å²) in [6.07, 6.45) is 1.41. The molecule has 0 heterocycles. The van der Waals surface area contributed by atoms with Crippen LogP contribution in [0.5, 0.6) is 0 Å². The summed E-state index contributed by atoms with van der Waals surface area (Å²) in [6.45, 7) is 1.94. The Morgan fingerprint density at radius 3 is 2.82 bits per heavy atom. The molecule has 1 N–H and O–H groups in total. The second-order valence-electron chi connectivity index (χ2n) is 3.68. The highest BCUT2D eigenvalue weighted by molar-refractivity contribution is 6.31. The van der Waals surface area contributed by atoms with Crippen molar-refractivity contribution in [1.29, 1.82) is 0 Å². The molecule has 0 aromatic heterocycles. The highest BCUT2D eigenvalue weighted by Gasteiger charge is 2.15. The Morgan fingerprint density at radius 1 is 1.53 bits per heavy atom. The predicted octanol–water partition coefficient (Wildman–Crippen LogP) is 3.62. The van der Waals surface area contributed by atoms with Gasteiger partial charge in [-0.15, -0.1) is 11.6 Å². The van der Waals surface area contributed by atoms with Gasteiger partial charge in [-0.05, 0) is 31.0 Å². The molecule has 0 aliphatic carbocycles. The van der Waals surface area contributed by atoms with Crippen molar-refractivity contribution in [2.75, 3.05) is 5.88 Å². The van der Waals surface area contributed by atoms with E-state index in [1.165, 1.54) is 18.2 Å². The maximum atomic E-state index is 13.4. The molecule has 0 radical (unpaired) electrons. The molecule has 1 aromatic rings. The summed E-state index contributed by atoms with van der Waals surface area (Å²) in [7, 11) is 0. The van der Waals surface area contributed by atoms with Crippen LogP contribution in [-0.2, 0) is 0 Å². The molecule has 0 aliphatic rings. The Bertz CT molecular complexity index is 398. The van der Waals surface area contributed by atoms with Gasteiger partial charge in [-0.25, -0.2) is 4.39 Å². The van der Waals surface area contributed by atoms with Crippen molar-refractivity contribution in [3.63, 3.8) is 0 Å². The lowest BCUT2D eigenvalue weighted by Gasteiger charge is -2.15. The number of nitrogens with one attached hydrogen (secondary N) is 1. The zero-order chi connectivity index (χ0) is 12.8. The number of alkyl halides is 1. The molecule has 1 unspecified atom stereocenters. The average Bonchev–Trinajstić information content (AvgIpc) is 2.31. The zero-order valence-electron chi connectivity index (χ0n) is 9.47. The minimum atomic E-state index is -0.576. The van der Waals surface area contributed by atoms with E-state index in [0.717, 1.165) is 6.42 Å². The summed E-state index contributed by atoms with van der Waals surface area (Å²) in [5, 5.41) is 3.07. The molecule has 0 spiro atoms. The molecule has 1 aromatic carbocycles. The molecular formula is C12H14Cl2FNO. The first-order valence-electron chi connectivity index (χ1n) is 5.40. The smallest absolute Gasteiger partial charge is 0.254 e. The lowest BCUT2D eigenvalue weighted by molar-refractivity contribution is 0.0931. The molecule has 0 saturated carbocycles. The van der Waals surface area contributed by atoms with Gasteiger partial charge in [-0.2, -0.15) is 0 Å². The fourth-order valence-corrected chi connectivity index (χ4v) is 1.88. The molecule has 0 bridgehead atoms. The summed E-state index contributed by atoms with van der Waals surface area (Å²) in [4.78, 5) is 11.8. The number of carbonyl (C=O) groups excluding carboxylic acids is 1. The second kappa shape index (κ2) is 6.82. The normalized spacial score (nSPS) is 12.2. The lowest BCUT2D eigenvalue weighted by atomic mass is 10.1. The van der Waals surface area contributed by atoms with E-state index >= 15 is 0 Å². The maximum absolute atomic E-state index is 13.4. The van der Waals surface area contributed by atoms with Crippen LogP contribution in [0.3, 0.4) is 0 Å². The maximum Gasteiger partial charge on any atom is 0.254 e. The van der Waals surface area contributed by atoms with Crippen LogP contribution in [0.1, 0.15) is 30.1 Å². The van der Waals surface area contributed by atoms with Crippen molar-refractivity contribution in [2.45, 2.75) is 25.8 Å². The molecule has 1 rings (SSSR count). The summed E-state index contributed by atoms with van der Waals surface area (Å²) in [5.41, 5.74) is -0.0366. The molecule has 1 amide bonds. The molecule has 0 fully saturated rings. The van der Waals surface area contributed by atoms with Gasteiger partial charge in [-0.3, -0.25) is 4.79 Å². The Balaban J connectivity index is 2.78. The molecule has 0 aliphatic heterocycles. The van der Waals surface area contributed by atoms with E-state index in [9.17, 15) is 9.18 Å². The first-order valence-corrected chi connectivity index (χ1v) is 6.31. The monoisotopic (exact) mass is 277 g/mol. The number of halogens is 3. The first-order chi connectivity index (χ1) is 8.08. The molecule has 5 heteroatoms. The number of hydrogen-bond donors (Lipinski definition) is 1. The lowest BCUT2D eigenvalue weighted by Crippen LogP contribution is -2.35. The van der Waals surface area contributed by atoms with E-state index in [1.807, 2.05) is 6.92 Å². The van der Waals surface area contributed by atoms with Gasteiger partial charge < -0.3 is 5.32 Å². The van der Waals surface area contributed by atoms with Crippen molar-refractivity contribution in [2.24, 2.45) is 0 Å². The average molecular weight is 278 g/mol. The second-order valence-corrected chi connectivity index (χ2v) is 4.49. The summed E-state index contributed by atoms with van der Waals surface area (Å²) >= 11 is 11.3. The van der Waals surface area contributed by atoms with Gasteiger partial charge in [0.2, 0.25) is 0 Å². The van der Waals surface area contributed by atoms with Gasteiger partial charge >= 0.3 is 0 Å². The van der Waals surface area contributed by atoms with Crippen molar-refractivity contribution in [3.05, 3.63) is 34.6 Å². The van der Waals surface area contributed by atoms with E-state index in [0.29, 0.717) is 17.3 Å². The first kappa shape index (κ1) is 14.3. The minimum absolute atomic E-state index is 0.0366. The topological polar surface area (TPSA) is 29.1 Å². The van der Waals surface area contributed by atoms with Crippen molar-refractivity contribution in [1.82, 2.24) is 5.32 Å². The number of amides is 1. The Morgan fingerprint density at radius 2 is 2.24 bits per heavy atom. The fraction of sp³-hybridized carbons (Fsp3) is 0.417. The van der Waals surface area contributed by atoms with Crippen molar-refractivity contribution >= 4 is 29.1 Å². The number of hydrogen-bond acceptors (Lipinski definition) is 1. The molecular weight excluding hydrogens is 264 g/mol. The van der Waals surface area contributed by atoms with Crippen LogP contribution >= 0.6 is 23.2 Å². The minimum Gasteiger partial charge on any atom is -0.349 e. The van der Waals surface area contributed by atoms with E-state index in [1.54, 1.807) is 0 Å². The van der Waals surface area contributed by atoms with Gasteiger partial charge in [0.25, 0.3) is 5.91 Å². The molecule has 0 saturated heterocycles. The Hall–Kier alpha value is -0.800. The van der Waals surface area contributed by atoms with Gasteiger partial charge in [0, 0.05) is 16.9 Å². The molecule has 2 nitrogen and oxygen atoms in total. The number of benzene rings is 1. The quantitative estimate of drug-likeness (QED) is 0.819. The third-order valence-electron chi connectivity index (χ3n) is 2.46. The van der Waals surface area contributed by atoms with Crippen LogP contribution in [0.2, 0.25) is 5.02 Å². The van der Waals surface area contributed by atoms with Gasteiger partial charge in [0.1, 0.15) is 5.82 Å². The largest absolute Gasteiger partial charge is 0.349 e. The zero-order valence-corrected chi connectivity index (χ0v) is 11.0. The van der Waals surface area contributed by atoms with E-state index in [2.05, 4.69) is 5.32 Å². The van der Waals surface area contributed by atoms with Crippen molar-refractivity contribution < 1.29 is 9.18 Å². The van der Waals surface area contributed by atoms with E-state index < -0.39 is 11.7 Å². The van der Waals surface area contributed by atoms with Crippen LogP contribution in [0, 0.1) is 5.82 Å². The van der Waals surface area contributed by atoms with Gasteiger partial charge in [0.15, 0.2) is 0 Å². The fourth-order valence-electron chi connectivity index (χ4n) is 1.44. The molecule has 17 heavy (non-hydrogen) atoms. The van der Waals surface area contributed by atoms with E-state index in [4.69, 9.17) is 23.2 Å². The summed E-state index contributed by atoms with van der Waals surface area (Å²) < 4.78 is 13.4. The van der Waals surface area contributed by atoms with Crippen LogP contribution in [0.25, 0.3) is 0 Å².